The fourth-order valence-electron chi connectivity index (χ4n) is 3.99. The lowest BCUT2D eigenvalue weighted by Gasteiger charge is -2.19. The molecule has 0 unspecified atom stereocenters. The van der Waals surface area contributed by atoms with Crippen LogP contribution in [0.2, 0.25) is 0 Å². The molecule has 9 heteroatoms. The van der Waals surface area contributed by atoms with Crippen molar-refractivity contribution in [3.05, 3.63) is 35.2 Å². The van der Waals surface area contributed by atoms with Gasteiger partial charge >= 0.3 is 0 Å². The molecule has 2 aromatic rings. The molecule has 2 atom stereocenters. The van der Waals surface area contributed by atoms with Crippen molar-refractivity contribution < 1.29 is 28.3 Å². The second-order valence-electron chi connectivity index (χ2n) is 7.94. The van der Waals surface area contributed by atoms with Crippen molar-refractivity contribution in [3.63, 3.8) is 0 Å². The lowest BCUT2D eigenvalue weighted by molar-refractivity contribution is -0.131. The zero-order chi connectivity index (χ0) is 22.0. The molecule has 0 saturated carbocycles. The highest BCUT2D eigenvalue weighted by Gasteiger charge is 2.33. The maximum absolute atomic E-state index is 12.6. The van der Waals surface area contributed by atoms with Gasteiger partial charge in [-0.2, -0.15) is 0 Å². The van der Waals surface area contributed by atoms with E-state index in [1.165, 1.54) is 0 Å². The third kappa shape index (κ3) is 4.66. The number of aryl methyl sites for hydroxylation is 2. The van der Waals surface area contributed by atoms with Gasteiger partial charge in [-0.15, -0.1) is 0 Å². The maximum Gasteiger partial charge on any atom is 0.244 e. The molecule has 166 valence electrons. The highest BCUT2D eigenvalue weighted by atomic mass is 16.6. The van der Waals surface area contributed by atoms with Crippen LogP contribution in [0.25, 0.3) is 0 Å². The Balaban J connectivity index is 1.42. The van der Waals surface area contributed by atoms with Gasteiger partial charge in [0.15, 0.2) is 17.3 Å². The number of likely N-dealkylation sites (tertiary alicyclic amines) is 1. The SMILES string of the molecule is COc1ccc([C@@H]2CC(=O)N(CC(=O)Nc3c(C)noc3C)C2)cc1O[C@@H]1CCOC1. The van der Waals surface area contributed by atoms with E-state index in [-0.39, 0.29) is 30.4 Å². The molecule has 3 heterocycles. The summed E-state index contributed by atoms with van der Waals surface area (Å²) >= 11 is 0. The molecule has 31 heavy (non-hydrogen) atoms. The summed E-state index contributed by atoms with van der Waals surface area (Å²) in [5.74, 6) is 1.49. The Bertz CT molecular complexity index is 947. The van der Waals surface area contributed by atoms with Crippen LogP contribution in [0.15, 0.2) is 22.7 Å². The summed E-state index contributed by atoms with van der Waals surface area (Å²) in [6.45, 7) is 5.18. The summed E-state index contributed by atoms with van der Waals surface area (Å²) in [7, 11) is 1.60. The minimum Gasteiger partial charge on any atom is -0.493 e. The molecule has 0 bridgehead atoms. The number of nitrogens with zero attached hydrogens (tertiary/aromatic N) is 2. The van der Waals surface area contributed by atoms with E-state index in [9.17, 15) is 9.59 Å². The van der Waals surface area contributed by atoms with Crippen molar-refractivity contribution in [3.8, 4) is 11.5 Å². The van der Waals surface area contributed by atoms with Gasteiger partial charge in [-0.3, -0.25) is 9.59 Å². The third-order valence-corrected chi connectivity index (χ3v) is 5.69. The van der Waals surface area contributed by atoms with Crippen LogP contribution in [0, 0.1) is 13.8 Å². The van der Waals surface area contributed by atoms with Crippen molar-refractivity contribution in [1.82, 2.24) is 10.1 Å². The van der Waals surface area contributed by atoms with Gasteiger partial charge in [0.2, 0.25) is 11.8 Å². The number of rotatable bonds is 7. The van der Waals surface area contributed by atoms with Gasteiger partial charge < -0.3 is 29.0 Å². The number of anilines is 1. The van der Waals surface area contributed by atoms with Gasteiger partial charge in [0, 0.05) is 25.3 Å². The van der Waals surface area contributed by atoms with Gasteiger partial charge in [-0.25, -0.2) is 0 Å². The van der Waals surface area contributed by atoms with Crippen molar-refractivity contribution in [2.24, 2.45) is 0 Å². The van der Waals surface area contributed by atoms with E-state index in [1.54, 1.807) is 25.9 Å². The number of carbonyl (C=O) groups excluding carboxylic acids is 2. The second-order valence-corrected chi connectivity index (χ2v) is 7.94. The molecule has 2 aliphatic heterocycles. The Morgan fingerprint density at radius 3 is 2.84 bits per heavy atom. The first-order valence-corrected chi connectivity index (χ1v) is 10.4. The molecule has 2 amide bonds. The summed E-state index contributed by atoms with van der Waals surface area (Å²) in [6.07, 6.45) is 1.18. The zero-order valence-corrected chi connectivity index (χ0v) is 18.0. The van der Waals surface area contributed by atoms with Gasteiger partial charge in [-0.05, 0) is 31.5 Å². The molecule has 2 saturated heterocycles. The van der Waals surface area contributed by atoms with Crippen LogP contribution in [0.1, 0.15) is 35.8 Å². The van der Waals surface area contributed by atoms with Gasteiger partial charge in [-0.1, -0.05) is 11.2 Å². The minimum atomic E-state index is -0.275. The molecule has 4 rings (SSSR count). The average Bonchev–Trinajstić information content (AvgIpc) is 3.46. The Morgan fingerprint density at radius 2 is 2.16 bits per heavy atom. The van der Waals surface area contributed by atoms with Crippen LogP contribution in [0.4, 0.5) is 5.69 Å². The highest BCUT2D eigenvalue weighted by molar-refractivity contribution is 5.95. The van der Waals surface area contributed by atoms with Crippen LogP contribution < -0.4 is 14.8 Å². The van der Waals surface area contributed by atoms with E-state index >= 15 is 0 Å². The van der Waals surface area contributed by atoms with Crippen molar-refractivity contribution in [2.45, 2.75) is 38.7 Å². The number of aromatic nitrogens is 1. The topological polar surface area (TPSA) is 103 Å². The quantitative estimate of drug-likeness (QED) is 0.721. The van der Waals surface area contributed by atoms with E-state index in [2.05, 4.69) is 10.5 Å². The van der Waals surface area contributed by atoms with Gasteiger partial charge in [0.25, 0.3) is 0 Å². The maximum atomic E-state index is 12.6. The number of ether oxygens (including phenoxy) is 3. The van der Waals surface area contributed by atoms with Crippen molar-refractivity contribution in [2.75, 3.05) is 38.7 Å². The first-order valence-electron chi connectivity index (χ1n) is 10.4. The molecule has 0 spiro atoms. The Hall–Kier alpha value is -3.07. The third-order valence-electron chi connectivity index (χ3n) is 5.69. The van der Waals surface area contributed by atoms with E-state index in [0.717, 1.165) is 12.0 Å². The van der Waals surface area contributed by atoms with Crippen LogP contribution >= 0.6 is 0 Å². The van der Waals surface area contributed by atoms with E-state index < -0.39 is 0 Å². The number of hydrogen-bond donors (Lipinski definition) is 1. The molecule has 1 aromatic heterocycles. The molecule has 0 radical (unpaired) electrons. The summed E-state index contributed by atoms with van der Waals surface area (Å²) in [5, 5.41) is 6.61. The smallest absolute Gasteiger partial charge is 0.244 e. The Kier molecular flexibility index (Phi) is 6.13. The molecular weight excluding hydrogens is 402 g/mol. The lowest BCUT2D eigenvalue weighted by Crippen LogP contribution is -2.34. The number of benzene rings is 1. The standard InChI is InChI=1S/C22H27N3O6/c1-13-22(14(2)31-24-13)23-20(26)11-25-10-16(9-21(25)27)15-4-5-18(28-3)19(8-15)30-17-6-7-29-12-17/h4-5,8,16-17H,6-7,9-12H2,1-3H3,(H,23,26)/t16-,17-/m1/s1. The first-order chi connectivity index (χ1) is 14.9. The van der Waals surface area contributed by atoms with Crippen molar-refractivity contribution >= 4 is 17.5 Å². The number of amides is 2. The summed E-state index contributed by atoms with van der Waals surface area (Å²) in [4.78, 5) is 26.6. The van der Waals surface area contributed by atoms with Crippen LogP contribution in [-0.4, -0.2) is 61.4 Å². The normalized spacial score (nSPS) is 20.9. The minimum absolute atomic E-state index is 0.00104. The summed E-state index contributed by atoms with van der Waals surface area (Å²) < 4.78 is 21.9. The number of hydrogen-bond acceptors (Lipinski definition) is 7. The average molecular weight is 429 g/mol. The lowest BCUT2D eigenvalue weighted by atomic mass is 9.98. The summed E-state index contributed by atoms with van der Waals surface area (Å²) in [6, 6.07) is 5.74. The Labute approximate surface area is 180 Å². The van der Waals surface area contributed by atoms with Crippen LogP contribution in [-0.2, 0) is 14.3 Å². The molecule has 0 aliphatic carbocycles. The summed E-state index contributed by atoms with van der Waals surface area (Å²) in [5.41, 5.74) is 2.15. The molecule has 9 nitrogen and oxygen atoms in total. The number of carbonyl (C=O) groups is 2. The van der Waals surface area contributed by atoms with Gasteiger partial charge in [0.1, 0.15) is 17.5 Å². The largest absolute Gasteiger partial charge is 0.493 e. The second kappa shape index (κ2) is 8.97. The monoisotopic (exact) mass is 429 g/mol. The first kappa shape index (κ1) is 21.2. The fraction of sp³-hybridized carbons (Fsp3) is 0.500. The van der Waals surface area contributed by atoms with Crippen LogP contribution in [0.3, 0.4) is 0 Å². The van der Waals surface area contributed by atoms with E-state index in [4.69, 9.17) is 18.7 Å². The van der Waals surface area contributed by atoms with E-state index in [0.29, 0.717) is 54.8 Å². The molecule has 2 aliphatic rings. The van der Waals surface area contributed by atoms with E-state index in [1.807, 2.05) is 18.2 Å². The number of methoxy groups -OCH3 is 1. The van der Waals surface area contributed by atoms with Crippen LogP contribution in [0.5, 0.6) is 11.5 Å². The zero-order valence-electron chi connectivity index (χ0n) is 18.0. The predicted molar refractivity (Wildman–Crippen MR) is 111 cm³/mol. The molecular formula is C22H27N3O6. The fourth-order valence-corrected chi connectivity index (χ4v) is 3.99. The molecule has 2 fully saturated rings. The number of nitrogens with one attached hydrogen (secondary N) is 1. The predicted octanol–water partition coefficient (Wildman–Crippen LogP) is 2.42. The Morgan fingerprint density at radius 1 is 1.32 bits per heavy atom. The molecule has 1 N–H and O–H groups in total. The van der Waals surface area contributed by atoms with Crippen molar-refractivity contribution in [1.29, 1.82) is 0 Å². The highest BCUT2D eigenvalue weighted by Crippen LogP contribution is 2.36. The molecule has 1 aromatic carbocycles. The van der Waals surface area contributed by atoms with Gasteiger partial charge in [0.05, 0.1) is 26.9 Å².